The van der Waals surface area contributed by atoms with E-state index in [0.29, 0.717) is 25.9 Å². The number of hydrogen-bond acceptors (Lipinski definition) is 5. The number of morpholine rings is 1. The van der Waals surface area contributed by atoms with Crippen molar-refractivity contribution in [3.63, 3.8) is 0 Å². The molecule has 1 N–H and O–H groups in total. The van der Waals surface area contributed by atoms with Gasteiger partial charge < -0.3 is 15.0 Å². The van der Waals surface area contributed by atoms with Crippen molar-refractivity contribution in [1.29, 1.82) is 0 Å². The molecule has 1 aromatic rings. The summed E-state index contributed by atoms with van der Waals surface area (Å²) in [7, 11) is 0. The molecule has 0 spiro atoms. The molecule has 0 radical (unpaired) electrons. The summed E-state index contributed by atoms with van der Waals surface area (Å²) >= 11 is 0. The number of nitrogens with one attached hydrogen (secondary N) is 1. The molecule has 2 fully saturated rings. The van der Waals surface area contributed by atoms with Crippen LogP contribution < -0.4 is 5.32 Å². The third-order valence-corrected chi connectivity index (χ3v) is 6.15. The molecule has 0 unspecified atom stereocenters. The highest BCUT2D eigenvalue weighted by molar-refractivity contribution is 5.83. The Balaban J connectivity index is 1.46. The number of carbonyl (C=O) groups excluding carboxylic acids is 2. The molecule has 2 saturated heterocycles. The van der Waals surface area contributed by atoms with Crippen molar-refractivity contribution in [1.82, 2.24) is 24.9 Å². The fourth-order valence-electron chi connectivity index (χ4n) is 4.27. The van der Waals surface area contributed by atoms with Crippen LogP contribution in [-0.2, 0) is 27.4 Å². The molecule has 0 aromatic carbocycles. The summed E-state index contributed by atoms with van der Waals surface area (Å²) in [6.07, 6.45) is 2.03. The van der Waals surface area contributed by atoms with Gasteiger partial charge in [0.2, 0.25) is 11.8 Å². The van der Waals surface area contributed by atoms with Gasteiger partial charge >= 0.3 is 0 Å². The van der Waals surface area contributed by atoms with E-state index in [1.807, 2.05) is 23.4 Å². The van der Waals surface area contributed by atoms with Gasteiger partial charge in [-0.05, 0) is 33.6 Å². The number of ether oxygens (including phenoxy) is 1. The minimum atomic E-state index is -0.127. The summed E-state index contributed by atoms with van der Waals surface area (Å²) in [6.45, 7) is 13.2. The fourth-order valence-corrected chi connectivity index (χ4v) is 4.27. The SMILES string of the molecule is CCn1nc(C)c(CNC(=O)[C@@H]2CCC(=O)N(CCCN3CCOCC3)C2)c1C. The first-order valence-electron chi connectivity index (χ1n) is 10.9. The van der Waals surface area contributed by atoms with Crippen molar-refractivity contribution < 1.29 is 14.3 Å². The Morgan fingerprint density at radius 1 is 1.24 bits per heavy atom. The highest BCUT2D eigenvalue weighted by Crippen LogP contribution is 2.19. The third-order valence-electron chi connectivity index (χ3n) is 6.15. The number of nitrogens with zero attached hydrogens (tertiary/aromatic N) is 4. The van der Waals surface area contributed by atoms with E-state index in [4.69, 9.17) is 4.74 Å². The summed E-state index contributed by atoms with van der Waals surface area (Å²) in [5.41, 5.74) is 3.16. The van der Waals surface area contributed by atoms with Crippen LogP contribution in [0, 0.1) is 19.8 Å². The van der Waals surface area contributed by atoms with Crippen LogP contribution in [0.15, 0.2) is 0 Å². The normalized spacial score (nSPS) is 20.9. The molecule has 29 heavy (non-hydrogen) atoms. The van der Waals surface area contributed by atoms with Gasteiger partial charge in [0.15, 0.2) is 0 Å². The van der Waals surface area contributed by atoms with E-state index in [9.17, 15) is 9.59 Å². The molecule has 0 bridgehead atoms. The van der Waals surface area contributed by atoms with Crippen LogP contribution in [0.25, 0.3) is 0 Å². The number of aromatic nitrogens is 2. The minimum Gasteiger partial charge on any atom is -0.379 e. The Bertz CT molecular complexity index is 711. The van der Waals surface area contributed by atoms with Gasteiger partial charge in [0.25, 0.3) is 0 Å². The number of hydrogen-bond donors (Lipinski definition) is 1. The molecule has 0 saturated carbocycles. The Morgan fingerprint density at radius 3 is 2.69 bits per heavy atom. The molecule has 8 nitrogen and oxygen atoms in total. The average Bonchev–Trinajstić information content (AvgIpc) is 3.01. The van der Waals surface area contributed by atoms with Crippen molar-refractivity contribution in [2.75, 3.05) is 45.9 Å². The third kappa shape index (κ3) is 5.57. The zero-order chi connectivity index (χ0) is 20.8. The number of rotatable bonds is 8. The molecule has 8 heteroatoms. The maximum absolute atomic E-state index is 12.7. The molecule has 3 heterocycles. The van der Waals surface area contributed by atoms with E-state index in [2.05, 4.69) is 22.2 Å². The molecular formula is C21H35N5O3. The zero-order valence-corrected chi connectivity index (χ0v) is 18.1. The van der Waals surface area contributed by atoms with Gasteiger partial charge in [-0.15, -0.1) is 0 Å². The molecule has 1 atom stereocenters. The van der Waals surface area contributed by atoms with Crippen LogP contribution in [0.5, 0.6) is 0 Å². The van der Waals surface area contributed by atoms with Crippen LogP contribution in [0.3, 0.4) is 0 Å². The van der Waals surface area contributed by atoms with Crippen LogP contribution in [-0.4, -0.2) is 77.3 Å². The van der Waals surface area contributed by atoms with Crippen LogP contribution in [0.2, 0.25) is 0 Å². The Hall–Kier alpha value is -1.93. The van der Waals surface area contributed by atoms with E-state index in [0.717, 1.165) is 69.3 Å². The molecule has 2 amide bonds. The molecule has 0 aliphatic carbocycles. The van der Waals surface area contributed by atoms with Crippen molar-refractivity contribution in [2.24, 2.45) is 5.92 Å². The average molecular weight is 406 g/mol. The first-order valence-corrected chi connectivity index (χ1v) is 10.9. The highest BCUT2D eigenvalue weighted by atomic mass is 16.5. The first-order chi connectivity index (χ1) is 14.0. The molecule has 2 aliphatic rings. The van der Waals surface area contributed by atoms with Crippen molar-refractivity contribution >= 4 is 11.8 Å². The number of aryl methyl sites for hydroxylation is 2. The lowest BCUT2D eigenvalue weighted by Gasteiger charge is -2.33. The zero-order valence-electron chi connectivity index (χ0n) is 18.1. The standard InChI is InChI=1S/C21H35N5O3/c1-4-26-17(3)19(16(2)23-26)14-22-21(28)18-6-7-20(27)25(15-18)9-5-8-24-10-12-29-13-11-24/h18H,4-15H2,1-3H3,(H,22,28)/t18-/m1/s1. The smallest absolute Gasteiger partial charge is 0.225 e. The summed E-state index contributed by atoms with van der Waals surface area (Å²) in [5.74, 6) is 0.0867. The van der Waals surface area contributed by atoms with E-state index < -0.39 is 0 Å². The maximum Gasteiger partial charge on any atom is 0.225 e. The Kier molecular flexibility index (Phi) is 7.66. The number of likely N-dealkylation sites (tertiary alicyclic amines) is 1. The van der Waals surface area contributed by atoms with Gasteiger partial charge in [0.1, 0.15) is 0 Å². The molecule has 2 aliphatic heterocycles. The lowest BCUT2D eigenvalue weighted by molar-refractivity contribution is -0.138. The number of amides is 2. The second-order valence-electron chi connectivity index (χ2n) is 8.07. The van der Waals surface area contributed by atoms with Gasteiger partial charge in [0, 0.05) is 63.5 Å². The van der Waals surface area contributed by atoms with Crippen molar-refractivity contribution in [3.8, 4) is 0 Å². The molecular weight excluding hydrogens is 370 g/mol. The van der Waals surface area contributed by atoms with E-state index in [-0.39, 0.29) is 17.7 Å². The molecule has 1 aromatic heterocycles. The Labute approximate surface area is 173 Å². The monoisotopic (exact) mass is 405 g/mol. The second-order valence-corrected chi connectivity index (χ2v) is 8.07. The van der Waals surface area contributed by atoms with Gasteiger partial charge in [-0.3, -0.25) is 19.2 Å². The highest BCUT2D eigenvalue weighted by Gasteiger charge is 2.30. The second kappa shape index (κ2) is 10.2. The van der Waals surface area contributed by atoms with E-state index in [1.165, 1.54) is 0 Å². The first kappa shape index (κ1) is 21.8. The Morgan fingerprint density at radius 2 is 2.00 bits per heavy atom. The summed E-state index contributed by atoms with van der Waals surface area (Å²) in [5, 5.41) is 7.59. The predicted molar refractivity (Wildman–Crippen MR) is 110 cm³/mol. The number of piperidine rings is 1. The molecule has 162 valence electrons. The lowest BCUT2D eigenvalue weighted by atomic mass is 9.96. The molecule has 3 rings (SSSR count). The maximum atomic E-state index is 12.7. The number of carbonyl (C=O) groups is 2. The lowest BCUT2D eigenvalue weighted by Crippen LogP contribution is -2.46. The van der Waals surface area contributed by atoms with Crippen LogP contribution in [0.1, 0.15) is 43.1 Å². The van der Waals surface area contributed by atoms with Gasteiger partial charge in [-0.2, -0.15) is 5.10 Å². The van der Waals surface area contributed by atoms with Gasteiger partial charge in [-0.1, -0.05) is 0 Å². The quantitative estimate of drug-likeness (QED) is 0.701. The largest absolute Gasteiger partial charge is 0.379 e. The van der Waals surface area contributed by atoms with E-state index >= 15 is 0 Å². The summed E-state index contributed by atoms with van der Waals surface area (Å²) < 4.78 is 7.34. The fraction of sp³-hybridized carbons (Fsp3) is 0.762. The minimum absolute atomic E-state index is 0.0405. The topological polar surface area (TPSA) is 79.7 Å². The van der Waals surface area contributed by atoms with Gasteiger partial charge in [0.05, 0.1) is 24.8 Å². The van der Waals surface area contributed by atoms with Gasteiger partial charge in [-0.25, -0.2) is 0 Å². The van der Waals surface area contributed by atoms with E-state index in [1.54, 1.807) is 0 Å². The van der Waals surface area contributed by atoms with Crippen LogP contribution >= 0.6 is 0 Å². The van der Waals surface area contributed by atoms with Crippen molar-refractivity contribution in [3.05, 3.63) is 17.0 Å². The summed E-state index contributed by atoms with van der Waals surface area (Å²) in [4.78, 5) is 29.3. The summed E-state index contributed by atoms with van der Waals surface area (Å²) in [6, 6.07) is 0. The van der Waals surface area contributed by atoms with Crippen LogP contribution in [0.4, 0.5) is 0 Å². The van der Waals surface area contributed by atoms with Crippen molar-refractivity contribution in [2.45, 2.75) is 53.1 Å². The predicted octanol–water partition coefficient (Wildman–Crippen LogP) is 1.10.